The largest absolute Gasteiger partial charge is 0.394 e. The van der Waals surface area contributed by atoms with E-state index in [1.165, 1.54) is 36.5 Å². The van der Waals surface area contributed by atoms with Crippen LogP contribution in [0, 0.1) is 5.92 Å². The predicted octanol–water partition coefficient (Wildman–Crippen LogP) is 0.416. The highest BCUT2D eigenvalue weighted by atomic mass is 16.6. The highest BCUT2D eigenvalue weighted by Crippen LogP contribution is 2.32. The number of aromatic nitrogens is 4. The molecule has 2 fully saturated rings. The Morgan fingerprint density at radius 3 is 2.74 bits per heavy atom. The minimum absolute atomic E-state index is 0.390. The molecule has 1 aliphatic heterocycles. The molecule has 2 aromatic heterocycles. The average molecular weight is 376 g/mol. The molecule has 4 N–H and O–H groups in total. The van der Waals surface area contributed by atoms with E-state index in [9.17, 15) is 15.3 Å². The molecule has 1 aliphatic carbocycles. The second-order valence-corrected chi connectivity index (χ2v) is 7.06. The lowest BCUT2D eigenvalue weighted by Crippen LogP contribution is -2.33. The van der Waals surface area contributed by atoms with Crippen LogP contribution in [0.4, 0.5) is 5.82 Å². The highest BCUT2D eigenvalue weighted by Gasteiger charge is 2.44. The van der Waals surface area contributed by atoms with Crippen molar-refractivity contribution in [2.24, 2.45) is 11.0 Å². The van der Waals surface area contributed by atoms with E-state index in [4.69, 9.17) is 4.74 Å². The zero-order valence-corrected chi connectivity index (χ0v) is 14.8. The van der Waals surface area contributed by atoms with E-state index in [1.807, 2.05) is 6.21 Å². The fraction of sp³-hybridized carbons (Fsp3) is 0.647. The summed E-state index contributed by atoms with van der Waals surface area (Å²) in [4.78, 5) is 12.7. The average Bonchev–Trinajstić information content (AvgIpc) is 3.25. The first kappa shape index (κ1) is 18.2. The fourth-order valence-corrected chi connectivity index (χ4v) is 3.72. The van der Waals surface area contributed by atoms with Crippen LogP contribution in [-0.2, 0) is 4.74 Å². The number of aliphatic hydroxyl groups excluding tert-OH is 3. The Hall–Kier alpha value is -2.14. The van der Waals surface area contributed by atoms with Crippen LogP contribution in [-0.4, -0.2) is 66.0 Å². The first-order valence-electron chi connectivity index (χ1n) is 9.28. The summed E-state index contributed by atoms with van der Waals surface area (Å²) in [5, 5.41) is 33.8. The zero-order valence-electron chi connectivity index (χ0n) is 14.8. The lowest BCUT2D eigenvalue weighted by atomic mass is 9.90. The molecule has 1 saturated heterocycles. The number of hydrazone groups is 1. The van der Waals surface area contributed by atoms with Gasteiger partial charge in [-0.2, -0.15) is 5.10 Å². The van der Waals surface area contributed by atoms with E-state index in [2.05, 4.69) is 25.5 Å². The van der Waals surface area contributed by atoms with Crippen molar-refractivity contribution < 1.29 is 20.1 Å². The molecule has 3 heterocycles. The number of nitrogens with zero attached hydrogens (tertiary/aromatic N) is 5. The molecule has 2 aromatic rings. The van der Waals surface area contributed by atoms with E-state index in [0.717, 1.165) is 12.8 Å². The molecule has 10 heteroatoms. The Balaban J connectivity index is 1.54. The Kier molecular flexibility index (Phi) is 5.30. The van der Waals surface area contributed by atoms with Gasteiger partial charge in [-0.05, 0) is 18.8 Å². The predicted molar refractivity (Wildman–Crippen MR) is 97.0 cm³/mol. The van der Waals surface area contributed by atoms with Crippen molar-refractivity contribution in [2.75, 3.05) is 12.0 Å². The Morgan fingerprint density at radius 1 is 1.19 bits per heavy atom. The van der Waals surface area contributed by atoms with E-state index in [-0.39, 0.29) is 6.61 Å². The number of rotatable bonds is 5. The lowest BCUT2D eigenvalue weighted by molar-refractivity contribution is -0.0511. The topological polar surface area (TPSA) is 138 Å². The van der Waals surface area contributed by atoms with Gasteiger partial charge in [0.25, 0.3) is 0 Å². The Labute approximate surface area is 155 Å². The van der Waals surface area contributed by atoms with Crippen LogP contribution in [0.2, 0.25) is 0 Å². The van der Waals surface area contributed by atoms with Gasteiger partial charge in [-0.1, -0.05) is 19.3 Å². The molecule has 146 valence electrons. The van der Waals surface area contributed by atoms with E-state index in [1.54, 1.807) is 0 Å². The van der Waals surface area contributed by atoms with Crippen molar-refractivity contribution in [3.63, 3.8) is 0 Å². The maximum absolute atomic E-state index is 10.2. The standard InChI is InChI=1S/C17H24N6O4/c24-7-11-13(25)14(26)17(27-11)23-9-20-12-15(18-8-19-16(12)23)22-21-6-10-4-2-1-3-5-10/h6,8-11,13-14,17,24-26H,1-5,7H2,(H,18,19,22)/b21-6+/t11-,13?,14?,17-/m1/s1. The van der Waals surface area contributed by atoms with Gasteiger partial charge in [0.1, 0.15) is 24.6 Å². The van der Waals surface area contributed by atoms with Crippen LogP contribution in [0.1, 0.15) is 38.3 Å². The van der Waals surface area contributed by atoms with Gasteiger partial charge in [-0.3, -0.25) is 9.99 Å². The second kappa shape index (κ2) is 7.85. The molecule has 0 bridgehead atoms. The lowest BCUT2D eigenvalue weighted by Gasteiger charge is -2.17. The van der Waals surface area contributed by atoms with Gasteiger partial charge in [0, 0.05) is 6.21 Å². The number of aliphatic hydroxyl groups is 3. The van der Waals surface area contributed by atoms with Crippen molar-refractivity contribution in [3.8, 4) is 0 Å². The third-order valence-electron chi connectivity index (χ3n) is 5.26. The van der Waals surface area contributed by atoms with Gasteiger partial charge >= 0.3 is 0 Å². The number of anilines is 1. The SMILES string of the molecule is OC[C@H]1O[C@@H](n2cnc3c(N/N=C/C4CCCCC4)ncnc32)C(O)C1O. The molecule has 10 nitrogen and oxygen atoms in total. The summed E-state index contributed by atoms with van der Waals surface area (Å²) in [6.07, 6.45) is 6.72. The van der Waals surface area contributed by atoms with Gasteiger partial charge in [0.05, 0.1) is 12.9 Å². The third-order valence-corrected chi connectivity index (χ3v) is 5.26. The van der Waals surface area contributed by atoms with Gasteiger partial charge in [-0.25, -0.2) is 15.0 Å². The number of ether oxygens (including phenoxy) is 1. The molecular weight excluding hydrogens is 352 g/mol. The minimum atomic E-state index is -1.20. The van der Waals surface area contributed by atoms with Crippen LogP contribution >= 0.6 is 0 Å². The molecule has 2 aliphatic rings. The molecule has 0 radical (unpaired) electrons. The van der Waals surface area contributed by atoms with E-state index < -0.39 is 24.5 Å². The van der Waals surface area contributed by atoms with Crippen LogP contribution in [0.5, 0.6) is 0 Å². The molecule has 0 spiro atoms. The fourth-order valence-electron chi connectivity index (χ4n) is 3.72. The maximum atomic E-state index is 10.2. The number of nitrogens with one attached hydrogen (secondary N) is 1. The molecule has 0 aromatic carbocycles. The molecule has 1 saturated carbocycles. The summed E-state index contributed by atoms with van der Waals surface area (Å²) < 4.78 is 7.07. The van der Waals surface area contributed by atoms with Crippen LogP contribution in [0.15, 0.2) is 17.8 Å². The monoisotopic (exact) mass is 376 g/mol. The molecule has 0 amide bonds. The van der Waals surface area contributed by atoms with Crippen LogP contribution in [0.25, 0.3) is 11.2 Å². The normalized spacial score (nSPS) is 29.7. The summed E-state index contributed by atoms with van der Waals surface area (Å²) in [7, 11) is 0. The van der Waals surface area contributed by atoms with Crippen LogP contribution in [0.3, 0.4) is 0 Å². The summed E-state index contributed by atoms with van der Waals surface area (Å²) in [6.45, 7) is -0.390. The Bertz CT molecular complexity index is 806. The number of hydrogen-bond donors (Lipinski definition) is 4. The second-order valence-electron chi connectivity index (χ2n) is 7.06. The number of fused-ring (bicyclic) bond motifs is 1. The van der Waals surface area contributed by atoms with Gasteiger partial charge in [0.2, 0.25) is 0 Å². The van der Waals surface area contributed by atoms with E-state index in [0.29, 0.717) is 22.9 Å². The zero-order chi connectivity index (χ0) is 18.8. The summed E-state index contributed by atoms with van der Waals surface area (Å²) in [6, 6.07) is 0. The third kappa shape index (κ3) is 3.53. The quantitative estimate of drug-likeness (QED) is 0.435. The van der Waals surface area contributed by atoms with Gasteiger partial charge in [-0.15, -0.1) is 0 Å². The Morgan fingerprint density at radius 2 is 2.00 bits per heavy atom. The smallest absolute Gasteiger partial charge is 0.177 e. The van der Waals surface area contributed by atoms with Crippen molar-refractivity contribution in [1.82, 2.24) is 19.5 Å². The molecule has 2 unspecified atom stereocenters. The molecule has 4 atom stereocenters. The van der Waals surface area contributed by atoms with Crippen molar-refractivity contribution >= 4 is 23.2 Å². The molecular formula is C17H24N6O4. The van der Waals surface area contributed by atoms with Crippen molar-refractivity contribution in [2.45, 2.75) is 56.6 Å². The maximum Gasteiger partial charge on any atom is 0.177 e. The molecule has 4 rings (SSSR count). The first-order valence-corrected chi connectivity index (χ1v) is 9.28. The van der Waals surface area contributed by atoms with Crippen molar-refractivity contribution in [3.05, 3.63) is 12.7 Å². The summed E-state index contributed by atoms with van der Waals surface area (Å²) >= 11 is 0. The number of hydrogen-bond acceptors (Lipinski definition) is 9. The van der Waals surface area contributed by atoms with Gasteiger partial charge < -0.3 is 20.1 Å². The molecule has 27 heavy (non-hydrogen) atoms. The van der Waals surface area contributed by atoms with Crippen molar-refractivity contribution in [1.29, 1.82) is 0 Å². The minimum Gasteiger partial charge on any atom is -0.394 e. The van der Waals surface area contributed by atoms with Gasteiger partial charge in [0.15, 0.2) is 23.2 Å². The highest BCUT2D eigenvalue weighted by molar-refractivity contribution is 5.83. The summed E-state index contributed by atoms with van der Waals surface area (Å²) in [5.41, 5.74) is 3.85. The van der Waals surface area contributed by atoms with Crippen LogP contribution < -0.4 is 5.43 Å². The first-order chi connectivity index (χ1) is 13.2. The summed E-state index contributed by atoms with van der Waals surface area (Å²) in [5.74, 6) is 0.942. The number of imidazole rings is 1. The van der Waals surface area contributed by atoms with E-state index >= 15 is 0 Å².